The summed E-state index contributed by atoms with van der Waals surface area (Å²) in [6.45, 7) is 1.85. The fraction of sp³-hybridized carbons (Fsp3) is 0.986. The summed E-state index contributed by atoms with van der Waals surface area (Å²) >= 11 is 0. The third kappa shape index (κ3) is 33.8. The second kappa shape index (κ2) is 52.1. The van der Waals surface area contributed by atoms with Crippen molar-refractivity contribution in [2.24, 2.45) is 0 Å². The van der Waals surface area contributed by atoms with E-state index in [1.165, 1.54) is 225 Å². The van der Waals surface area contributed by atoms with Gasteiger partial charge in [-0.25, -0.2) is 0 Å². The van der Waals surface area contributed by atoms with Gasteiger partial charge in [-0.1, -0.05) is 284 Å². The van der Waals surface area contributed by atoms with Crippen LogP contribution >= 0.6 is 0 Å². The molecular formula is C69H133NO18. The van der Waals surface area contributed by atoms with E-state index in [0.29, 0.717) is 12.8 Å². The average Bonchev–Trinajstić information content (AvgIpc) is 3.39. The third-order valence-electron chi connectivity index (χ3n) is 18.7. The highest BCUT2D eigenvalue weighted by Gasteiger charge is 2.53. The van der Waals surface area contributed by atoms with Crippen molar-refractivity contribution in [2.45, 2.75) is 407 Å². The van der Waals surface area contributed by atoms with Crippen molar-refractivity contribution in [3.63, 3.8) is 0 Å². The number of hydrogen-bond donors (Lipinski definition) is 12. The predicted octanol–water partition coefficient (Wildman–Crippen LogP) is 9.89. The lowest BCUT2D eigenvalue weighted by molar-refractivity contribution is -0.379. The standard InChI is InChI=1S/C69H133NO18/c1-3-5-7-9-11-13-15-17-19-21-22-23-24-25-26-27-28-29-30-31-33-35-37-39-41-43-45-47-57(75)70-52(53(74)46-44-42-40-38-36-34-32-20-18-16-14-12-10-8-6-4-2)51-83-67-63(81)60(78)65(55(49-72)85-67)88-69-64(82)61(79)66(56(50-73)86-69)87-68-62(80)59(77)58(76)54(48-71)84-68/h52-56,58-69,71-74,76-82H,3-51H2,1-2H3,(H,70,75). The molecule has 0 aromatic carbocycles. The third-order valence-corrected chi connectivity index (χ3v) is 18.7. The van der Waals surface area contributed by atoms with E-state index in [1.807, 2.05) is 0 Å². The van der Waals surface area contributed by atoms with Crippen LogP contribution < -0.4 is 5.32 Å². The van der Waals surface area contributed by atoms with Crippen molar-refractivity contribution in [3.8, 4) is 0 Å². The molecule has 3 fully saturated rings. The second-order valence-electron chi connectivity index (χ2n) is 26.4. The van der Waals surface area contributed by atoms with Gasteiger partial charge in [0.05, 0.1) is 38.6 Å². The van der Waals surface area contributed by atoms with E-state index >= 15 is 0 Å². The number of aliphatic hydroxyl groups is 11. The number of amides is 1. The first-order valence-corrected chi connectivity index (χ1v) is 36.3. The molecule has 17 atom stereocenters. The molecule has 3 saturated heterocycles. The normalized spacial score (nSPS) is 28.3. The lowest BCUT2D eigenvalue weighted by atomic mass is 9.96. The Morgan fingerprint density at radius 1 is 0.364 bits per heavy atom. The molecule has 0 aromatic rings. The van der Waals surface area contributed by atoms with Crippen molar-refractivity contribution in [2.75, 3.05) is 26.4 Å². The van der Waals surface area contributed by atoms with E-state index in [-0.39, 0.29) is 18.9 Å². The molecule has 17 unspecified atom stereocenters. The van der Waals surface area contributed by atoms with Gasteiger partial charge in [0.1, 0.15) is 73.2 Å². The minimum atomic E-state index is -1.97. The van der Waals surface area contributed by atoms with Gasteiger partial charge >= 0.3 is 0 Å². The van der Waals surface area contributed by atoms with E-state index < -0.39 is 124 Å². The summed E-state index contributed by atoms with van der Waals surface area (Å²) in [6, 6.07) is -0.881. The van der Waals surface area contributed by atoms with E-state index in [4.69, 9.17) is 28.4 Å². The highest BCUT2D eigenvalue weighted by Crippen LogP contribution is 2.33. The van der Waals surface area contributed by atoms with Gasteiger partial charge in [0, 0.05) is 6.42 Å². The zero-order valence-corrected chi connectivity index (χ0v) is 55.2. The average molecular weight is 1260 g/mol. The summed E-state index contributed by atoms with van der Waals surface area (Å²) in [4.78, 5) is 13.4. The number of unbranched alkanes of at least 4 members (excludes halogenated alkanes) is 41. The lowest BCUT2D eigenvalue weighted by Crippen LogP contribution is -2.66. The van der Waals surface area contributed by atoms with Crippen LogP contribution in [0.15, 0.2) is 0 Å². The van der Waals surface area contributed by atoms with Gasteiger partial charge in [0.15, 0.2) is 18.9 Å². The molecule has 19 nitrogen and oxygen atoms in total. The van der Waals surface area contributed by atoms with Crippen molar-refractivity contribution >= 4 is 5.91 Å². The Hall–Kier alpha value is -1.21. The van der Waals surface area contributed by atoms with Crippen LogP contribution in [0.4, 0.5) is 0 Å². The monoisotopic (exact) mass is 1260 g/mol. The number of rotatable bonds is 57. The van der Waals surface area contributed by atoms with Crippen LogP contribution in [0.2, 0.25) is 0 Å². The van der Waals surface area contributed by atoms with Gasteiger partial charge in [-0.15, -0.1) is 0 Å². The molecule has 19 heteroatoms. The Morgan fingerprint density at radius 2 is 0.648 bits per heavy atom. The predicted molar refractivity (Wildman–Crippen MR) is 342 cm³/mol. The maximum absolute atomic E-state index is 13.4. The zero-order valence-electron chi connectivity index (χ0n) is 55.2. The van der Waals surface area contributed by atoms with Crippen LogP contribution in [0, 0.1) is 0 Å². The second-order valence-corrected chi connectivity index (χ2v) is 26.4. The van der Waals surface area contributed by atoms with Gasteiger partial charge in [-0.3, -0.25) is 4.79 Å². The molecule has 88 heavy (non-hydrogen) atoms. The SMILES string of the molecule is CCCCCCCCCCCCCCCCCCCCCCCCCCCCCC(=O)NC(COC1OC(CO)C(OC2OC(CO)C(OC3OC(CO)C(O)C(O)C3O)C(O)C2O)C(O)C1O)C(O)CCCCCCCCCCCCCCCCCC. The summed E-state index contributed by atoms with van der Waals surface area (Å²) in [5, 5.41) is 121. The van der Waals surface area contributed by atoms with E-state index in [0.717, 1.165) is 44.9 Å². The molecule has 12 N–H and O–H groups in total. The van der Waals surface area contributed by atoms with Crippen molar-refractivity contribution < 1.29 is 89.4 Å². The molecule has 0 aromatic heterocycles. The maximum atomic E-state index is 13.4. The van der Waals surface area contributed by atoms with Gasteiger partial charge in [0.25, 0.3) is 0 Å². The summed E-state index contributed by atoms with van der Waals surface area (Å²) in [5.41, 5.74) is 0. The first-order valence-electron chi connectivity index (χ1n) is 36.3. The number of carbonyl (C=O) groups excluding carboxylic acids is 1. The van der Waals surface area contributed by atoms with Crippen LogP contribution in [0.5, 0.6) is 0 Å². The zero-order chi connectivity index (χ0) is 64.0. The van der Waals surface area contributed by atoms with Gasteiger partial charge in [0.2, 0.25) is 5.91 Å². The fourth-order valence-corrected chi connectivity index (χ4v) is 12.8. The van der Waals surface area contributed by atoms with Gasteiger partial charge in [-0.2, -0.15) is 0 Å². The quantitative estimate of drug-likeness (QED) is 0.0252. The highest BCUT2D eigenvalue weighted by molar-refractivity contribution is 5.76. The van der Waals surface area contributed by atoms with Crippen molar-refractivity contribution in [3.05, 3.63) is 0 Å². The number of hydrogen-bond acceptors (Lipinski definition) is 18. The highest BCUT2D eigenvalue weighted by atomic mass is 16.8. The van der Waals surface area contributed by atoms with E-state index in [1.54, 1.807) is 0 Å². The minimum Gasteiger partial charge on any atom is -0.394 e. The Labute approximate surface area is 532 Å². The van der Waals surface area contributed by atoms with Crippen LogP contribution in [-0.4, -0.2) is 193 Å². The number of nitrogens with one attached hydrogen (secondary N) is 1. The largest absolute Gasteiger partial charge is 0.394 e. The molecular weight excluding hydrogens is 1130 g/mol. The Kier molecular flexibility index (Phi) is 48.0. The molecule has 3 rings (SSSR count). The Balaban J connectivity index is 1.39. The van der Waals surface area contributed by atoms with Crippen LogP contribution in [-0.2, 0) is 33.2 Å². The Morgan fingerprint density at radius 3 is 0.989 bits per heavy atom. The molecule has 3 heterocycles. The molecule has 0 radical (unpaired) electrons. The molecule has 0 aliphatic carbocycles. The molecule has 0 saturated carbocycles. The van der Waals surface area contributed by atoms with Gasteiger partial charge < -0.3 is 89.9 Å². The fourth-order valence-electron chi connectivity index (χ4n) is 12.8. The van der Waals surface area contributed by atoms with Gasteiger partial charge in [-0.05, 0) is 12.8 Å². The number of carbonyl (C=O) groups is 1. The van der Waals surface area contributed by atoms with Crippen LogP contribution in [0.1, 0.15) is 303 Å². The van der Waals surface area contributed by atoms with E-state index in [9.17, 15) is 61.0 Å². The minimum absolute atomic E-state index is 0.235. The summed E-state index contributed by atoms with van der Waals surface area (Å²) in [5.74, 6) is -0.235. The summed E-state index contributed by atoms with van der Waals surface area (Å²) in [6.07, 6.45) is 29.0. The first-order chi connectivity index (χ1) is 42.8. The molecule has 3 aliphatic rings. The number of ether oxygens (including phenoxy) is 6. The lowest BCUT2D eigenvalue weighted by Gasteiger charge is -2.48. The maximum Gasteiger partial charge on any atom is 0.220 e. The van der Waals surface area contributed by atoms with Crippen molar-refractivity contribution in [1.29, 1.82) is 0 Å². The molecule has 522 valence electrons. The molecule has 1 amide bonds. The first kappa shape index (κ1) is 81.0. The summed E-state index contributed by atoms with van der Waals surface area (Å²) in [7, 11) is 0. The summed E-state index contributed by atoms with van der Waals surface area (Å²) < 4.78 is 34.4. The molecule has 3 aliphatic heterocycles. The van der Waals surface area contributed by atoms with Crippen LogP contribution in [0.3, 0.4) is 0 Å². The smallest absolute Gasteiger partial charge is 0.220 e. The Bertz CT molecular complexity index is 1600. The van der Waals surface area contributed by atoms with Crippen molar-refractivity contribution in [1.82, 2.24) is 5.32 Å². The van der Waals surface area contributed by atoms with E-state index in [2.05, 4.69) is 19.2 Å². The molecule has 0 spiro atoms. The number of aliphatic hydroxyl groups excluding tert-OH is 11. The van der Waals surface area contributed by atoms with Crippen LogP contribution in [0.25, 0.3) is 0 Å². The topological polar surface area (TPSA) is 307 Å². The molecule has 0 bridgehead atoms.